The number of unbranched alkanes of at least 4 members (excludes halogenated alkanes) is 1. The normalized spacial score (nSPS) is 12.5. The fraction of sp³-hybridized carbons (Fsp3) is 0.538. The minimum Gasteiger partial charge on any atom is -0.381 e. The summed E-state index contributed by atoms with van der Waals surface area (Å²) in [4.78, 5) is 0. The summed E-state index contributed by atoms with van der Waals surface area (Å²) in [7, 11) is 0. The third-order valence-electron chi connectivity index (χ3n) is 2.77. The van der Waals surface area contributed by atoms with Crippen LogP contribution in [0.15, 0.2) is 12.1 Å². The van der Waals surface area contributed by atoms with Gasteiger partial charge < -0.3 is 5.32 Å². The summed E-state index contributed by atoms with van der Waals surface area (Å²) in [5.74, 6) is 0. The third-order valence-corrected chi connectivity index (χ3v) is 3.80. The van der Waals surface area contributed by atoms with Crippen LogP contribution in [-0.2, 0) is 0 Å². The first-order valence-corrected chi connectivity index (χ1v) is 7.12. The molecule has 0 fully saturated rings. The highest BCUT2D eigenvalue weighted by molar-refractivity contribution is 6.44. The summed E-state index contributed by atoms with van der Waals surface area (Å²) in [6.45, 7) is 4.36. The second-order valence-electron chi connectivity index (χ2n) is 4.14. The second-order valence-corrected chi connectivity index (χ2v) is 5.36. The van der Waals surface area contributed by atoms with E-state index in [-0.39, 0.29) is 0 Å². The van der Waals surface area contributed by atoms with Crippen molar-refractivity contribution >= 4 is 40.5 Å². The van der Waals surface area contributed by atoms with E-state index in [2.05, 4.69) is 19.2 Å². The molecule has 0 heterocycles. The lowest BCUT2D eigenvalue weighted by Gasteiger charge is -2.19. The maximum absolute atomic E-state index is 6.13. The van der Waals surface area contributed by atoms with Gasteiger partial charge in [0.1, 0.15) is 0 Å². The number of rotatable bonds is 6. The van der Waals surface area contributed by atoms with Crippen LogP contribution in [0.4, 0.5) is 5.69 Å². The Hall–Kier alpha value is -0.110. The van der Waals surface area contributed by atoms with Crippen LogP contribution < -0.4 is 5.32 Å². The van der Waals surface area contributed by atoms with Crippen molar-refractivity contribution in [2.24, 2.45) is 0 Å². The molecule has 1 aromatic rings. The SMILES string of the molecule is CCCCC(CC)Nc1cc(Cl)c(Cl)cc1Cl. The van der Waals surface area contributed by atoms with Gasteiger partial charge in [0.2, 0.25) is 0 Å². The highest BCUT2D eigenvalue weighted by Gasteiger charge is 2.10. The van der Waals surface area contributed by atoms with Gasteiger partial charge in [-0.15, -0.1) is 0 Å². The highest BCUT2D eigenvalue weighted by Crippen LogP contribution is 2.33. The van der Waals surface area contributed by atoms with E-state index in [1.54, 1.807) is 12.1 Å². The third kappa shape index (κ3) is 4.57. The van der Waals surface area contributed by atoms with E-state index in [0.29, 0.717) is 21.1 Å². The van der Waals surface area contributed by atoms with Gasteiger partial charge in [0.25, 0.3) is 0 Å². The molecule has 0 aliphatic heterocycles. The van der Waals surface area contributed by atoms with Gasteiger partial charge in [-0.3, -0.25) is 0 Å². The summed E-state index contributed by atoms with van der Waals surface area (Å²) in [5.41, 5.74) is 0.865. The van der Waals surface area contributed by atoms with Crippen molar-refractivity contribution in [3.63, 3.8) is 0 Å². The topological polar surface area (TPSA) is 12.0 Å². The molecule has 0 bridgehead atoms. The van der Waals surface area contributed by atoms with E-state index in [1.165, 1.54) is 12.8 Å². The first kappa shape index (κ1) is 14.9. The average molecular weight is 295 g/mol. The van der Waals surface area contributed by atoms with Crippen LogP contribution in [0.3, 0.4) is 0 Å². The van der Waals surface area contributed by atoms with Crippen molar-refractivity contribution in [3.05, 3.63) is 27.2 Å². The molecule has 1 atom stereocenters. The van der Waals surface area contributed by atoms with Gasteiger partial charge in [-0.25, -0.2) is 0 Å². The summed E-state index contributed by atoms with van der Waals surface area (Å²) in [6, 6.07) is 3.91. The van der Waals surface area contributed by atoms with Gasteiger partial charge in [0.15, 0.2) is 0 Å². The quantitative estimate of drug-likeness (QED) is 0.632. The van der Waals surface area contributed by atoms with Crippen LogP contribution >= 0.6 is 34.8 Å². The monoisotopic (exact) mass is 293 g/mol. The maximum Gasteiger partial charge on any atom is 0.0653 e. The number of benzene rings is 1. The molecule has 0 amide bonds. The van der Waals surface area contributed by atoms with Crippen LogP contribution in [0.2, 0.25) is 15.1 Å². The number of hydrogen-bond donors (Lipinski definition) is 1. The lowest BCUT2D eigenvalue weighted by molar-refractivity contribution is 0.593. The maximum atomic E-state index is 6.13. The molecule has 0 aliphatic rings. The largest absolute Gasteiger partial charge is 0.381 e. The van der Waals surface area contributed by atoms with E-state index in [1.807, 2.05) is 0 Å². The molecule has 1 unspecified atom stereocenters. The highest BCUT2D eigenvalue weighted by atomic mass is 35.5. The molecular formula is C13H18Cl3N. The van der Waals surface area contributed by atoms with Gasteiger partial charge in [0, 0.05) is 6.04 Å². The van der Waals surface area contributed by atoms with E-state index in [9.17, 15) is 0 Å². The van der Waals surface area contributed by atoms with Crippen LogP contribution in [-0.4, -0.2) is 6.04 Å². The van der Waals surface area contributed by atoms with Gasteiger partial charge in [-0.05, 0) is 25.0 Å². The Morgan fingerprint density at radius 2 is 1.71 bits per heavy atom. The molecule has 0 aliphatic carbocycles. The molecule has 0 spiro atoms. The van der Waals surface area contributed by atoms with Gasteiger partial charge in [0.05, 0.1) is 20.8 Å². The van der Waals surface area contributed by atoms with Crippen molar-refractivity contribution in [2.45, 2.75) is 45.6 Å². The average Bonchev–Trinajstić information content (AvgIpc) is 2.30. The van der Waals surface area contributed by atoms with E-state index < -0.39 is 0 Å². The zero-order chi connectivity index (χ0) is 12.8. The van der Waals surface area contributed by atoms with Crippen molar-refractivity contribution in [3.8, 4) is 0 Å². The smallest absolute Gasteiger partial charge is 0.0653 e. The first-order valence-electron chi connectivity index (χ1n) is 5.99. The molecule has 4 heteroatoms. The number of anilines is 1. The zero-order valence-corrected chi connectivity index (χ0v) is 12.5. The molecule has 1 N–H and O–H groups in total. The minimum absolute atomic E-state index is 0.435. The molecule has 1 aromatic carbocycles. The molecule has 1 nitrogen and oxygen atoms in total. The Balaban J connectivity index is 2.75. The molecule has 17 heavy (non-hydrogen) atoms. The van der Waals surface area contributed by atoms with Crippen molar-refractivity contribution in [2.75, 3.05) is 5.32 Å². The zero-order valence-electron chi connectivity index (χ0n) is 10.2. The minimum atomic E-state index is 0.435. The Morgan fingerprint density at radius 1 is 1.06 bits per heavy atom. The Bertz CT molecular complexity index is 366. The van der Waals surface area contributed by atoms with Gasteiger partial charge in [-0.1, -0.05) is 61.5 Å². The van der Waals surface area contributed by atoms with E-state index in [0.717, 1.165) is 18.5 Å². The van der Waals surface area contributed by atoms with Crippen LogP contribution in [0, 0.1) is 0 Å². The first-order chi connectivity index (χ1) is 8.08. The predicted molar refractivity (Wildman–Crippen MR) is 78.7 cm³/mol. The van der Waals surface area contributed by atoms with Crippen LogP contribution in [0.5, 0.6) is 0 Å². The molecule has 0 saturated heterocycles. The van der Waals surface area contributed by atoms with E-state index in [4.69, 9.17) is 34.8 Å². The molecule has 0 aromatic heterocycles. The lowest BCUT2D eigenvalue weighted by atomic mass is 10.1. The molecule has 0 radical (unpaired) electrons. The molecule has 1 rings (SSSR count). The molecule has 0 saturated carbocycles. The van der Waals surface area contributed by atoms with Gasteiger partial charge in [-0.2, -0.15) is 0 Å². The fourth-order valence-corrected chi connectivity index (χ4v) is 2.28. The predicted octanol–water partition coefficient (Wildman–Crippen LogP) is 6.03. The standard InChI is InChI=1S/C13H18Cl3N/c1-3-5-6-9(4-2)17-13-8-11(15)10(14)7-12(13)16/h7-9,17H,3-6H2,1-2H3. The van der Waals surface area contributed by atoms with Crippen molar-refractivity contribution in [1.29, 1.82) is 0 Å². The second kappa shape index (κ2) is 7.35. The molecule has 96 valence electrons. The van der Waals surface area contributed by atoms with Crippen LogP contribution in [0.1, 0.15) is 39.5 Å². The van der Waals surface area contributed by atoms with Gasteiger partial charge >= 0.3 is 0 Å². The van der Waals surface area contributed by atoms with Crippen molar-refractivity contribution in [1.82, 2.24) is 0 Å². The Kier molecular flexibility index (Phi) is 6.47. The lowest BCUT2D eigenvalue weighted by Crippen LogP contribution is -2.18. The number of nitrogens with one attached hydrogen (secondary N) is 1. The van der Waals surface area contributed by atoms with Crippen molar-refractivity contribution < 1.29 is 0 Å². The summed E-state index contributed by atoms with van der Waals surface area (Å²) in [5, 5.41) is 5.07. The summed E-state index contributed by atoms with van der Waals surface area (Å²) < 4.78 is 0. The number of halogens is 3. The number of hydrogen-bond acceptors (Lipinski definition) is 1. The summed E-state index contributed by atoms with van der Waals surface area (Å²) in [6.07, 6.45) is 4.62. The fourth-order valence-electron chi connectivity index (χ4n) is 1.68. The van der Waals surface area contributed by atoms with Crippen LogP contribution in [0.25, 0.3) is 0 Å². The molecular weight excluding hydrogens is 277 g/mol. The summed E-state index contributed by atoms with van der Waals surface area (Å²) >= 11 is 18.0. The van der Waals surface area contributed by atoms with E-state index >= 15 is 0 Å². The Labute approximate surface area is 118 Å². The Morgan fingerprint density at radius 3 is 2.29 bits per heavy atom.